The van der Waals surface area contributed by atoms with E-state index in [0.717, 1.165) is 13.1 Å². The number of primary amides is 1. The van der Waals surface area contributed by atoms with Gasteiger partial charge in [0.1, 0.15) is 6.04 Å². The largest absolute Gasteiger partial charge is 0.368 e. The van der Waals surface area contributed by atoms with E-state index in [4.69, 9.17) is 5.73 Å². The summed E-state index contributed by atoms with van der Waals surface area (Å²) in [5.74, 6) is 0.306. The molecule has 1 heterocycles. The lowest BCUT2D eigenvalue weighted by atomic mass is 9.85. The third-order valence-electron chi connectivity index (χ3n) is 3.45. The van der Waals surface area contributed by atoms with Gasteiger partial charge in [0.2, 0.25) is 11.8 Å². The molecule has 0 spiro atoms. The predicted molar refractivity (Wildman–Crippen MR) is 73.4 cm³/mol. The summed E-state index contributed by atoms with van der Waals surface area (Å²) in [5, 5.41) is 5.96. The predicted octanol–water partition coefficient (Wildman–Crippen LogP) is 0.424. The van der Waals surface area contributed by atoms with Crippen molar-refractivity contribution in [1.29, 1.82) is 0 Å². The van der Waals surface area contributed by atoms with Gasteiger partial charge in [-0.15, -0.1) is 12.4 Å². The highest BCUT2D eigenvalue weighted by molar-refractivity contribution is 5.86. The van der Waals surface area contributed by atoms with Crippen LogP contribution in [0.2, 0.25) is 0 Å². The van der Waals surface area contributed by atoms with Gasteiger partial charge in [0.15, 0.2) is 0 Å². The van der Waals surface area contributed by atoms with Gasteiger partial charge in [-0.3, -0.25) is 9.59 Å². The van der Waals surface area contributed by atoms with E-state index >= 15 is 0 Å². The van der Waals surface area contributed by atoms with Gasteiger partial charge >= 0.3 is 0 Å². The molecular formula is C12H24ClN3O2. The molecule has 106 valence electrons. The molecule has 1 saturated heterocycles. The Bertz CT molecular complexity index is 280. The van der Waals surface area contributed by atoms with Gasteiger partial charge in [-0.2, -0.15) is 0 Å². The lowest BCUT2D eigenvalue weighted by molar-refractivity contribution is -0.127. The molecule has 0 bridgehead atoms. The fourth-order valence-electron chi connectivity index (χ4n) is 2.20. The van der Waals surface area contributed by atoms with Crippen molar-refractivity contribution in [2.24, 2.45) is 17.6 Å². The summed E-state index contributed by atoms with van der Waals surface area (Å²) >= 11 is 0. The van der Waals surface area contributed by atoms with Crippen LogP contribution in [0.5, 0.6) is 0 Å². The monoisotopic (exact) mass is 277 g/mol. The minimum absolute atomic E-state index is 0. The molecule has 4 N–H and O–H groups in total. The molecule has 0 radical (unpaired) electrons. The van der Waals surface area contributed by atoms with E-state index in [9.17, 15) is 9.59 Å². The smallest absolute Gasteiger partial charge is 0.239 e. The van der Waals surface area contributed by atoms with Crippen molar-refractivity contribution >= 4 is 24.2 Å². The number of piperidine rings is 1. The highest BCUT2D eigenvalue weighted by atomic mass is 35.5. The second kappa shape index (κ2) is 8.32. The van der Waals surface area contributed by atoms with Crippen molar-refractivity contribution in [2.75, 3.05) is 13.1 Å². The molecule has 1 aliphatic heterocycles. The summed E-state index contributed by atoms with van der Waals surface area (Å²) in [6.07, 6.45) is 2.81. The molecule has 1 fully saturated rings. The minimum Gasteiger partial charge on any atom is -0.368 e. The first-order valence-electron chi connectivity index (χ1n) is 6.30. The first-order valence-corrected chi connectivity index (χ1v) is 6.30. The van der Waals surface area contributed by atoms with Crippen molar-refractivity contribution in [1.82, 2.24) is 10.6 Å². The van der Waals surface area contributed by atoms with Crippen LogP contribution >= 0.6 is 12.4 Å². The molecule has 5 nitrogen and oxygen atoms in total. The highest BCUT2D eigenvalue weighted by Gasteiger charge is 2.23. The van der Waals surface area contributed by atoms with Crippen LogP contribution < -0.4 is 16.4 Å². The van der Waals surface area contributed by atoms with Crippen molar-refractivity contribution in [3.05, 3.63) is 0 Å². The summed E-state index contributed by atoms with van der Waals surface area (Å²) in [4.78, 5) is 22.5. The van der Waals surface area contributed by atoms with Crippen LogP contribution in [0, 0.1) is 11.8 Å². The van der Waals surface area contributed by atoms with E-state index in [0.29, 0.717) is 18.3 Å². The summed E-state index contributed by atoms with van der Waals surface area (Å²) < 4.78 is 0. The Kier molecular flexibility index (Phi) is 7.95. The molecule has 0 aromatic heterocycles. The molecule has 18 heavy (non-hydrogen) atoms. The maximum Gasteiger partial charge on any atom is 0.239 e. The maximum absolute atomic E-state index is 11.7. The fraction of sp³-hybridized carbons (Fsp3) is 0.833. The van der Waals surface area contributed by atoms with Gasteiger partial charge in [0, 0.05) is 6.42 Å². The summed E-state index contributed by atoms with van der Waals surface area (Å²) in [5.41, 5.74) is 5.09. The SMILES string of the molecule is CC(CC(=O)N[C@@H](C)C(N)=O)C1CCCNC1.Cl. The topological polar surface area (TPSA) is 84.2 Å². The molecular weight excluding hydrogens is 254 g/mol. The molecule has 6 heteroatoms. The van der Waals surface area contributed by atoms with E-state index in [2.05, 4.69) is 17.6 Å². The lowest BCUT2D eigenvalue weighted by Crippen LogP contribution is -2.43. The molecule has 0 aliphatic carbocycles. The molecule has 2 unspecified atom stereocenters. The standard InChI is InChI=1S/C12H23N3O2.ClH/c1-8(10-4-3-5-14-7-10)6-11(16)15-9(2)12(13)17;/h8-10,14H,3-7H2,1-2H3,(H2,13,17)(H,15,16);1H/t8?,9-,10?;/m0./s1. The average molecular weight is 278 g/mol. The Balaban J connectivity index is 0.00000289. The Morgan fingerprint density at radius 3 is 2.61 bits per heavy atom. The van der Waals surface area contributed by atoms with Gasteiger partial charge in [-0.05, 0) is 44.7 Å². The third kappa shape index (κ3) is 5.69. The van der Waals surface area contributed by atoms with Crippen molar-refractivity contribution < 1.29 is 9.59 Å². The second-order valence-electron chi connectivity index (χ2n) is 4.98. The number of hydrogen-bond donors (Lipinski definition) is 3. The number of carbonyl (C=O) groups excluding carboxylic acids is 2. The number of carbonyl (C=O) groups is 2. The van der Waals surface area contributed by atoms with Gasteiger partial charge < -0.3 is 16.4 Å². The van der Waals surface area contributed by atoms with Crippen LogP contribution in [0.4, 0.5) is 0 Å². The first kappa shape index (κ1) is 17.2. The molecule has 0 aromatic carbocycles. The van der Waals surface area contributed by atoms with E-state index in [1.54, 1.807) is 6.92 Å². The highest BCUT2D eigenvalue weighted by Crippen LogP contribution is 2.22. The van der Waals surface area contributed by atoms with Gasteiger partial charge in [-0.25, -0.2) is 0 Å². The van der Waals surface area contributed by atoms with E-state index in [1.165, 1.54) is 12.8 Å². The first-order chi connectivity index (χ1) is 8.00. The Morgan fingerprint density at radius 1 is 1.44 bits per heavy atom. The number of amides is 2. The summed E-state index contributed by atoms with van der Waals surface area (Å²) in [6.45, 7) is 5.76. The Morgan fingerprint density at radius 2 is 2.11 bits per heavy atom. The molecule has 0 saturated carbocycles. The van der Waals surface area contributed by atoms with Gasteiger partial charge in [-0.1, -0.05) is 6.92 Å². The average Bonchev–Trinajstić information content (AvgIpc) is 2.29. The zero-order valence-electron chi connectivity index (χ0n) is 11.1. The van der Waals surface area contributed by atoms with Crippen molar-refractivity contribution in [3.8, 4) is 0 Å². The number of hydrogen-bond acceptors (Lipinski definition) is 3. The summed E-state index contributed by atoms with van der Waals surface area (Å²) in [6, 6.07) is -0.584. The van der Waals surface area contributed by atoms with Crippen molar-refractivity contribution in [2.45, 2.75) is 39.2 Å². The zero-order valence-corrected chi connectivity index (χ0v) is 11.9. The Hall–Kier alpha value is -0.810. The molecule has 1 aliphatic rings. The molecule has 0 aromatic rings. The second-order valence-corrected chi connectivity index (χ2v) is 4.98. The van der Waals surface area contributed by atoms with Crippen LogP contribution in [-0.2, 0) is 9.59 Å². The fourth-order valence-corrected chi connectivity index (χ4v) is 2.20. The number of nitrogens with one attached hydrogen (secondary N) is 2. The van der Waals surface area contributed by atoms with Crippen molar-refractivity contribution in [3.63, 3.8) is 0 Å². The lowest BCUT2D eigenvalue weighted by Gasteiger charge is -2.28. The van der Waals surface area contributed by atoms with Gasteiger partial charge in [0.25, 0.3) is 0 Å². The third-order valence-corrected chi connectivity index (χ3v) is 3.45. The number of rotatable bonds is 5. The minimum atomic E-state index is -0.584. The van der Waals surface area contributed by atoms with E-state index in [-0.39, 0.29) is 18.3 Å². The van der Waals surface area contributed by atoms with E-state index < -0.39 is 11.9 Å². The van der Waals surface area contributed by atoms with Crippen LogP contribution in [0.1, 0.15) is 33.1 Å². The molecule has 3 atom stereocenters. The molecule has 1 rings (SSSR count). The van der Waals surface area contributed by atoms with E-state index in [1.807, 2.05) is 0 Å². The quantitative estimate of drug-likeness (QED) is 0.681. The maximum atomic E-state index is 11.7. The number of halogens is 1. The van der Waals surface area contributed by atoms with Crippen LogP contribution in [-0.4, -0.2) is 30.9 Å². The number of nitrogens with two attached hydrogens (primary N) is 1. The van der Waals surface area contributed by atoms with Crippen LogP contribution in [0.15, 0.2) is 0 Å². The zero-order chi connectivity index (χ0) is 12.8. The normalized spacial score (nSPS) is 22.4. The van der Waals surface area contributed by atoms with Crippen LogP contribution in [0.3, 0.4) is 0 Å². The summed E-state index contributed by atoms with van der Waals surface area (Å²) in [7, 11) is 0. The Labute approximate surface area is 115 Å². The van der Waals surface area contributed by atoms with Crippen LogP contribution in [0.25, 0.3) is 0 Å². The molecule has 2 amide bonds. The van der Waals surface area contributed by atoms with Gasteiger partial charge in [0.05, 0.1) is 0 Å².